The lowest BCUT2D eigenvalue weighted by Gasteiger charge is -2.11. The molecule has 0 aliphatic carbocycles. The minimum absolute atomic E-state index is 0.0900. The van der Waals surface area contributed by atoms with Crippen molar-refractivity contribution in [2.45, 2.75) is 27.7 Å². The van der Waals surface area contributed by atoms with Crippen molar-refractivity contribution < 1.29 is 19.1 Å². The number of amides is 1. The van der Waals surface area contributed by atoms with Gasteiger partial charge in [-0.05, 0) is 51.0 Å². The molecule has 1 amide bonds. The second-order valence-corrected chi connectivity index (χ2v) is 6.04. The number of carbonyl (C=O) groups is 3. The number of Topliss-reactive ketones (excluding diaryl/α,β-unsaturated/α-hetero) is 1. The zero-order chi connectivity index (χ0) is 18.6. The van der Waals surface area contributed by atoms with Crippen molar-refractivity contribution in [1.29, 1.82) is 0 Å². The topological polar surface area (TPSA) is 72.5 Å². The highest BCUT2D eigenvalue weighted by Crippen LogP contribution is 2.17. The van der Waals surface area contributed by atoms with Gasteiger partial charge in [-0.1, -0.05) is 29.8 Å². The van der Waals surface area contributed by atoms with Crippen LogP contribution in [0.1, 0.15) is 44.3 Å². The average Bonchev–Trinajstić information content (AvgIpc) is 2.52. The summed E-state index contributed by atoms with van der Waals surface area (Å²) < 4.78 is 5.12. The van der Waals surface area contributed by atoms with Crippen molar-refractivity contribution >= 4 is 23.3 Å². The predicted octanol–water partition coefficient (Wildman–Crippen LogP) is 3.61. The Hall–Kier alpha value is -2.95. The molecular formula is C20H21NO4. The van der Waals surface area contributed by atoms with Crippen molar-refractivity contribution in [3.63, 3.8) is 0 Å². The third-order valence-electron chi connectivity index (χ3n) is 3.77. The van der Waals surface area contributed by atoms with Gasteiger partial charge in [-0.15, -0.1) is 0 Å². The second kappa shape index (κ2) is 7.75. The van der Waals surface area contributed by atoms with E-state index in [1.807, 2.05) is 32.9 Å². The molecule has 5 heteroatoms. The first-order valence-corrected chi connectivity index (χ1v) is 7.93. The van der Waals surface area contributed by atoms with E-state index in [9.17, 15) is 14.4 Å². The van der Waals surface area contributed by atoms with Crippen LogP contribution in [0.25, 0.3) is 0 Å². The van der Waals surface area contributed by atoms with Crippen LogP contribution in [0.2, 0.25) is 0 Å². The fourth-order valence-corrected chi connectivity index (χ4v) is 2.72. The van der Waals surface area contributed by atoms with Crippen molar-refractivity contribution in [1.82, 2.24) is 0 Å². The fourth-order valence-electron chi connectivity index (χ4n) is 2.72. The Morgan fingerprint density at radius 1 is 1.00 bits per heavy atom. The summed E-state index contributed by atoms with van der Waals surface area (Å²) in [4.78, 5) is 35.6. The van der Waals surface area contributed by atoms with E-state index in [2.05, 4.69) is 5.32 Å². The molecule has 0 aromatic heterocycles. The van der Waals surface area contributed by atoms with Crippen LogP contribution >= 0.6 is 0 Å². The molecular weight excluding hydrogens is 318 g/mol. The summed E-state index contributed by atoms with van der Waals surface area (Å²) in [6, 6.07) is 10.4. The highest BCUT2D eigenvalue weighted by atomic mass is 16.5. The summed E-state index contributed by atoms with van der Waals surface area (Å²) in [5.41, 5.74) is 4.16. The summed E-state index contributed by atoms with van der Waals surface area (Å²) in [5.74, 6) is -1.08. The zero-order valence-electron chi connectivity index (χ0n) is 14.8. The normalized spacial score (nSPS) is 10.2. The number of ketones is 1. The molecule has 25 heavy (non-hydrogen) atoms. The maximum Gasteiger partial charge on any atom is 0.339 e. The van der Waals surface area contributed by atoms with Gasteiger partial charge in [-0.2, -0.15) is 0 Å². The molecule has 2 rings (SSSR count). The van der Waals surface area contributed by atoms with E-state index in [4.69, 9.17) is 4.74 Å². The Kier molecular flexibility index (Phi) is 5.70. The molecule has 0 atom stereocenters. The molecule has 0 saturated heterocycles. The van der Waals surface area contributed by atoms with Gasteiger partial charge in [-0.25, -0.2) is 4.79 Å². The van der Waals surface area contributed by atoms with E-state index in [1.165, 1.54) is 6.92 Å². The van der Waals surface area contributed by atoms with Gasteiger partial charge in [-0.3, -0.25) is 9.59 Å². The molecule has 0 unspecified atom stereocenters. The number of hydrogen-bond donors (Lipinski definition) is 1. The van der Waals surface area contributed by atoms with Gasteiger partial charge < -0.3 is 10.1 Å². The highest BCUT2D eigenvalue weighted by molar-refractivity contribution is 5.99. The van der Waals surface area contributed by atoms with E-state index in [-0.39, 0.29) is 5.78 Å². The summed E-state index contributed by atoms with van der Waals surface area (Å²) in [6.45, 7) is 6.69. The van der Waals surface area contributed by atoms with Gasteiger partial charge >= 0.3 is 5.97 Å². The Balaban J connectivity index is 1.99. The Morgan fingerprint density at radius 3 is 2.24 bits per heavy atom. The number of nitrogens with one attached hydrogen (secondary N) is 1. The summed E-state index contributed by atoms with van der Waals surface area (Å²) in [5, 5.41) is 2.61. The van der Waals surface area contributed by atoms with Crippen LogP contribution in [0, 0.1) is 20.8 Å². The quantitative estimate of drug-likeness (QED) is 0.667. The lowest BCUT2D eigenvalue weighted by Crippen LogP contribution is -2.21. The minimum atomic E-state index is -0.525. The van der Waals surface area contributed by atoms with Crippen molar-refractivity contribution in [2.75, 3.05) is 11.9 Å². The number of esters is 1. The molecule has 0 heterocycles. The first-order chi connectivity index (χ1) is 11.8. The van der Waals surface area contributed by atoms with Crippen LogP contribution < -0.4 is 5.32 Å². The smallest absolute Gasteiger partial charge is 0.339 e. The van der Waals surface area contributed by atoms with Crippen molar-refractivity contribution in [3.05, 3.63) is 64.2 Å². The van der Waals surface area contributed by atoms with Crippen LogP contribution in [0.4, 0.5) is 5.69 Å². The first-order valence-electron chi connectivity index (χ1n) is 7.93. The number of aryl methyl sites for hydroxylation is 3. The summed E-state index contributed by atoms with van der Waals surface area (Å²) >= 11 is 0. The Morgan fingerprint density at radius 2 is 1.64 bits per heavy atom. The van der Waals surface area contributed by atoms with Crippen LogP contribution in [0.3, 0.4) is 0 Å². The predicted molar refractivity (Wildman–Crippen MR) is 96.0 cm³/mol. The van der Waals surface area contributed by atoms with Gasteiger partial charge in [0.25, 0.3) is 5.91 Å². The molecule has 0 spiro atoms. The second-order valence-electron chi connectivity index (χ2n) is 6.04. The number of anilines is 1. The van der Waals surface area contributed by atoms with Gasteiger partial charge in [0.15, 0.2) is 12.4 Å². The number of hydrogen-bond acceptors (Lipinski definition) is 4. The Labute approximate surface area is 147 Å². The van der Waals surface area contributed by atoms with E-state index in [0.717, 1.165) is 16.7 Å². The van der Waals surface area contributed by atoms with Crippen LogP contribution in [0.15, 0.2) is 36.4 Å². The molecule has 0 aliphatic rings. The van der Waals surface area contributed by atoms with Crippen molar-refractivity contribution in [3.8, 4) is 0 Å². The number of rotatable bonds is 5. The fraction of sp³-hybridized carbons (Fsp3) is 0.250. The van der Waals surface area contributed by atoms with Gasteiger partial charge in [0.2, 0.25) is 0 Å². The molecule has 2 aromatic rings. The van der Waals surface area contributed by atoms with E-state index < -0.39 is 18.5 Å². The molecule has 0 fully saturated rings. The van der Waals surface area contributed by atoms with E-state index >= 15 is 0 Å². The molecule has 0 bridgehead atoms. The summed E-state index contributed by atoms with van der Waals surface area (Å²) in [7, 11) is 0. The van der Waals surface area contributed by atoms with Crippen LogP contribution in [0.5, 0.6) is 0 Å². The SMILES string of the molecule is CC(=O)c1cccc(NC(=O)COC(=O)c2c(C)cc(C)cc2C)c1. The minimum Gasteiger partial charge on any atom is -0.452 e. The van der Waals surface area contributed by atoms with E-state index in [0.29, 0.717) is 16.8 Å². The van der Waals surface area contributed by atoms with Crippen LogP contribution in [-0.4, -0.2) is 24.3 Å². The lowest BCUT2D eigenvalue weighted by atomic mass is 10.00. The lowest BCUT2D eigenvalue weighted by molar-refractivity contribution is -0.119. The van der Waals surface area contributed by atoms with E-state index in [1.54, 1.807) is 24.3 Å². The van der Waals surface area contributed by atoms with Crippen LogP contribution in [-0.2, 0) is 9.53 Å². The zero-order valence-corrected chi connectivity index (χ0v) is 14.8. The maximum atomic E-state index is 12.3. The molecule has 0 radical (unpaired) electrons. The average molecular weight is 339 g/mol. The third-order valence-corrected chi connectivity index (χ3v) is 3.77. The molecule has 1 N–H and O–H groups in total. The number of benzene rings is 2. The summed E-state index contributed by atoms with van der Waals surface area (Å²) in [6.07, 6.45) is 0. The largest absolute Gasteiger partial charge is 0.452 e. The molecule has 2 aromatic carbocycles. The maximum absolute atomic E-state index is 12.3. The first kappa shape index (κ1) is 18.4. The third kappa shape index (κ3) is 4.76. The molecule has 130 valence electrons. The highest BCUT2D eigenvalue weighted by Gasteiger charge is 2.16. The van der Waals surface area contributed by atoms with Gasteiger partial charge in [0, 0.05) is 11.3 Å². The Bertz CT molecular complexity index is 816. The number of ether oxygens (including phenoxy) is 1. The monoisotopic (exact) mass is 339 g/mol. The van der Waals surface area contributed by atoms with Gasteiger partial charge in [0.1, 0.15) is 0 Å². The van der Waals surface area contributed by atoms with Crippen molar-refractivity contribution in [2.24, 2.45) is 0 Å². The molecule has 0 saturated carbocycles. The standard InChI is InChI=1S/C20H21NO4/c1-12-8-13(2)19(14(3)9-12)20(24)25-11-18(23)21-17-7-5-6-16(10-17)15(4)22/h5-10H,11H2,1-4H3,(H,21,23). The molecule has 0 aliphatic heterocycles. The van der Waals surface area contributed by atoms with Gasteiger partial charge in [0.05, 0.1) is 5.56 Å². The molecule has 5 nitrogen and oxygen atoms in total. The number of carbonyl (C=O) groups excluding carboxylic acids is 3.